The van der Waals surface area contributed by atoms with Gasteiger partial charge in [0.1, 0.15) is 0 Å². The average Bonchev–Trinajstić information content (AvgIpc) is 3.04. The highest BCUT2D eigenvalue weighted by molar-refractivity contribution is 7.14. The number of nitrogens with zero attached hydrogens (tertiary/aromatic N) is 1. The van der Waals surface area contributed by atoms with Crippen molar-refractivity contribution in [2.45, 2.75) is 19.9 Å². The topological polar surface area (TPSA) is 54.0 Å². The first-order chi connectivity index (χ1) is 11.6. The zero-order valence-electron chi connectivity index (χ0n) is 13.6. The lowest BCUT2D eigenvalue weighted by atomic mass is 10.1. The number of hydrogen-bond donors (Lipinski definition) is 2. The summed E-state index contributed by atoms with van der Waals surface area (Å²) >= 11 is 1.59. The summed E-state index contributed by atoms with van der Waals surface area (Å²) in [6, 6.07) is 18.2. The standard InChI is InChI=1S/C19H19N3OS/c1-13(15-6-4-3-5-7-15)20-19-22-18(12-24-19)16-8-10-17(11-9-16)21-14(2)23/h3-13H,1-2H3,(H,20,22)(H,21,23)/t13-/m0/s1. The van der Waals surface area contributed by atoms with Crippen LogP contribution in [0, 0.1) is 0 Å². The summed E-state index contributed by atoms with van der Waals surface area (Å²) in [5.74, 6) is -0.0715. The smallest absolute Gasteiger partial charge is 0.221 e. The van der Waals surface area contributed by atoms with Crippen molar-refractivity contribution >= 4 is 28.1 Å². The fourth-order valence-electron chi connectivity index (χ4n) is 2.41. The van der Waals surface area contributed by atoms with Crippen molar-refractivity contribution in [3.63, 3.8) is 0 Å². The predicted octanol–water partition coefficient (Wildman–Crippen LogP) is 4.94. The minimum absolute atomic E-state index is 0.0715. The maximum Gasteiger partial charge on any atom is 0.221 e. The lowest BCUT2D eigenvalue weighted by molar-refractivity contribution is -0.114. The van der Waals surface area contributed by atoms with E-state index in [0.717, 1.165) is 22.1 Å². The van der Waals surface area contributed by atoms with Crippen LogP contribution in [-0.2, 0) is 4.79 Å². The van der Waals surface area contributed by atoms with E-state index in [-0.39, 0.29) is 11.9 Å². The molecule has 1 amide bonds. The second-order valence-corrected chi connectivity index (χ2v) is 6.43. The second-order valence-electron chi connectivity index (χ2n) is 5.57. The first-order valence-corrected chi connectivity index (χ1v) is 8.65. The molecule has 0 saturated heterocycles. The van der Waals surface area contributed by atoms with Crippen LogP contribution in [0.4, 0.5) is 10.8 Å². The highest BCUT2D eigenvalue weighted by Crippen LogP contribution is 2.28. The Labute approximate surface area is 145 Å². The zero-order chi connectivity index (χ0) is 16.9. The fourth-order valence-corrected chi connectivity index (χ4v) is 3.22. The van der Waals surface area contributed by atoms with Gasteiger partial charge in [-0.05, 0) is 24.6 Å². The lowest BCUT2D eigenvalue weighted by Crippen LogP contribution is -2.06. The van der Waals surface area contributed by atoms with Gasteiger partial charge in [-0.3, -0.25) is 4.79 Å². The van der Waals surface area contributed by atoms with E-state index in [9.17, 15) is 4.79 Å². The molecule has 2 N–H and O–H groups in total. The van der Waals surface area contributed by atoms with E-state index >= 15 is 0 Å². The van der Waals surface area contributed by atoms with Gasteiger partial charge < -0.3 is 10.6 Å². The molecule has 1 heterocycles. The molecular weight excluding hydrogens is 318 g/mol. The Kier molecular flexibility index (Phi) is 4.91. The highest BCUT2D eigenvalue weighted by Gasteiger charge is 2.09. The van der Waals surface area contributed by atoms with E-state index in [1.165, 1.54) is 12.5 Å². The molecule has 0 bridgehead atoms. The van der Waals surface area contributed by atoms with Crippen molar-refractivity contribution in [3.8, 4) is 11.3 Å². The Morgan fingerprint density at radius 3 is 2.46 bits per heavy atom. The maximum atomic E-state index is 11.1. The number of carbonyl (C=O) groups excluding carboxylic acids is 1. The summed E-state index contributed by atoms with van der Waals surface area (Å²) in [5, 5.41) is 9.13. The van der Waals surface area contributed by atoms with E-state index in [1.54, 1.807) is 11.3 Å². The Morgan fingerprint density at radius 2 is 1.79 bits per heavy atom. The molecule has 3 rings (SSSR count). The van der Waals surface area contributed by atoms with Gasteiger partial charge in [0.25, 0.3) is 0 Å². The van der Waals surface area contributed by atoms with Gasteiger partial charge in [0.15, 0.2) is 5.13 Å². The number of amides is 1. The largest absolute Gasteiger partial charge is 0.355 e. The van der Waals surface area contributed by atoms with Gasteiger partial charge in [0, 0.05) is 23.6 Å². The van der Waals surface area contributed by atoms with Gasteiger partial charge in [0.05, 0.1) is 11.7 Å². The van der Waals surface area contributed by atoms with Crippen LogP contribution in [0.15, 0.2) is 60.0 Å². The van der Waals surface area contributed by atoms with Crippen LogP contribution < -0.4 is 10.6 Å². The van der Waals surface area contributed by atoms with E-state index in [4.69, 9.17) is 0 Å². The number of benzene rings is 2. The molecule has 0 spiro atoms. The average molecular weight is 337 g/mol. The van der Waals surface area contributed by atoms with Gasteiger partial charge in [-0.15, -0.1) is 11.3 Å². The van der Waals surface area contributed by atoms with Gasteiger partial charge in [-0.2, -0.15) is 0 Å². The van der Waals surface area contributed by atoms with Crippen molar-refractivity contribution < 1.29 is 4.79 Å². The van der Waals surface area contributed by atoms with Crippen molar-refractivity contribution in [1.82, 2.24) is 4.98 Å². The Hall–Kier alpha value is -2.66. The van der Waals surface area contributed by atoms with Crippen molar-refractivity contribution in [1.29, 1.82) is 0 Å². The van der Waals surface area contributed by atoms with E-state index in [0.29, 0.717) is 0 Å². The molecule has 0 aliphatic rings. The Bertz CT molecular complexity index is 812. The van der Waals surface area contributed by atoms with Crippen molar-refractivity contribution in [2.24, 2.45) is 0 Å². The summed E-state index contributed by atoms with van der Waals surface area (Å²) in [6.45, 7) is 3.62. The number of rotatable bonds is 5. The van der Waals surface area contributed by atoms with Crippen LogP contribution in [0.1, 0.15) is 25.5 Å². The molecule has 0 unspecified atom stereocenters. The minimum Gasteiger partial charge on any atom is -0.355 e. The minimum atomic E-state index is -0.0715. The molecule has 24 heavy (non-hydrogen) atoms. The van der Waals surface area contributed by atoms with Gasteiger partial charge in [-0.1, -0.05) is 42.5 Å². The van der Waals surface area contributed by atoms with Crippen molar-refractivity contribution in [2.75, 3.05) is 10.6 Å². The fraction of sp³-hybridized carbons (Fsp3) is 0.158. The van der Waals surface area contributed by atoms with Crippen LogP contribution in [-0.4, -0.2) is 10.9 Å². The van der Waals surface area contributed by atoms with E-state index < -0.39 is 0 Å². The molecule has 4 nitrogen and oxygen atoms in total. The van der Waals surface area contributed by atoms with Crippen LogP contribution in [0.2, 0.25) is 0 Å². The molecule has 122 valence electrons. The zero-order valence-corrected chi connectivity index (χ0v) is 14.4. The molecule has 0 fully saturated rings. The van der Waals surface area contributed by atoms with Crippen LogP contribution >= 0.6 is 11.3 Å². The molecule has 3 aromatic rings. The van der Waals surface area contributed by atoms with E-state index in [1.807, 2.05) is 47.8 Å². The number of carbonyl (C=O) groups is 1. The number of hydrogen-bond acceptors (Lipinski definition) is 4. The Morgan fingerprint density at radius 1 is 1.08 bits per heavy atom. The first kappa shape index (κ1) is 16.2. The third-order valence-electron chi connectivity index (χ3n) is 3.64. The van der Waals surface area contributed by atoms with Gasteiger partial charge >= 0.3 is 0 Å². The highest BCUT2D eigenvalue weighted by atomic mass is 32.1. The molecule has 0 aliphatic heterocycles. The van der Waals surface area contributed by atoms with Gasteiger partial charge in [0.2, 0.25) is 5.91 Å². The summed E-state index contributed by atoms with van der Waals surface area (Å²) in [4.78, 5) is 15.7. The molecule has 1 atom stereocenters. The maximum absolute atomic E-state index is 11.1. The number of thiazole rings is 1. The summed E-state index contributed by atoms with van der Waals surface area (Å²) in [6.07, 6.45) is 0. The summed E-state index contributed by atoms with van der Waals surface area (Å²) in [5.41, 5.74) is 3.98. The predicted molar refractivity (Wildman–Crippen MR) is 100 cm³/mol. The SMILES string of the molecule is CC(=O)Nc1ccc(-c2csc(N[C@@H](C)c3ccccc3)n2)cc1. The molecule has 1 aromatic heterocycles. The van der Waals surface area contributed by atoms with E-state index in [2.05, 4.69) is 34.7 Å². The van der Waals surface area contributed by atoms with Crippen LogP contribution in [0.25, 0.3) is 11.3 Å². The molecular formula is C19H19N3OS. The van der Waals surface area contributed by atoms with Gasteiger partial charge in [-0.25, -0.2) is 4.98 Å². The molecule has 0 radical (unpaired) electrons. The third-order valence-corrected chi connectivity index (χ3v) is 4.42. The third kappa shape index (κ3) is 4.00. The number of anilines is 2. The lowest BCUT2D eigenvalue weighted by Gasteiger charge is -2.12. The second kappa shape index (κ2) is 7.27. The monoisotopic (exact) mass is 337 g/mol. The van der Waals surface area contributed by atoms with Crippen LogP contribution in [0.3, 0.4) is 0 Å². The Balaban J connectivity index is 1.70. The van der Waals surface area contributed by atoms with Crippen LogP contribution in [0.5, 0.6) is 0 Å². The quantitative estimate of drug-likeness (QED) is 0.693. The first-order valence-electron chi connectivity index (χ1n) is 7.77. The molecule has 2 aromatic carbocycles. The molecule has 0 aliphatic carbocycles. The summed E-state index contributed by atoms with van der Waals surface area (Å²) in [7, 11) is 0. The molecule has 5 heteroatoms. The summed E-state index contributed by atoms with van der Waals surface area (Å²) < 4.78 is 0. The normalized spacial score (nSPS) is 11.8. The number of aromatic nitrogens is 1. The number of nitrogens with one attached hydrogen (secondary N) is 2. The molecule has 0 saturated carbocycles. The van der Waals surface area contributed by atoms with Crippen molar-refractivity contribution in [3.05, 3.63) is 65.5 Å².